The number of carbonyl (C=O) groups is 2. The zero-order chi connectivity index (χ0) is 16.8. The molecular formula is C14H14FN3O5. The zero-order valence-electron chi connectivity index (χ0n) is 12.0. The summed E-state index contributed by atoms with van der Waals surface area (Å²) >= 11 is 0. The number of nitrogens with one attached hydrogen (secondary N) is 2. The van der Waals surface area contributed by atoms with Gasteiger partial charge in [-0.1, -0.05) is 12.1 Å². The molecule has 2 N–H and O–H groups in total. The van der Waals surface area contributed by atoms with E-state index in [1.807, 2.05) is 10.9 Å². The molecule has 0 aliphatic carbocycles. The molecule has 122 valence electrons. The van der Waals surface area contributed by atoms with Gasteiger partial charge in [-0.2, -0.15) is 0 Å². The highest BCUT2D eigenvalue weighted by atomic mass is 19.1. The number of ether oxygens (including phenoxy) is 1. The lowest BCUT2D eigenvalue weighted by atomic mass is 10.1. The Labute approximate surface area is 130 Å². The topological polar surface area (TPSA) is 111 Å². The zero-order valence-corrected chi connectivity index (χ0v) is 12.0. The van der Waals surface area contributed by atoms with E-state index in [1.165, 1.54) is 18.2 Å². The summed E-state index contributed by atoms with van der Waals surface area (Å²) in [6, 6.07) is 5.23. The van der Waals surface area contributed by atoms with Crippen molar-refractivity contribution in [3.8, 4) is 0 Å². The molecule has 0 atom stereocenters. The van der Waals surface area contributed by atoms with Gasteiger partial charge in [-0.25, -0.2) is 4.39 Å². The molecule has 0 radical (unpaired) electrons. The lowest BCUT2D eigenvalue weighted by Gasteiger charge is -2.15. The van der Waals surface area contributed by atoms with Gasteiger partial charge in [-0.3, -0.25) is 30.6 Å². The summed E-state index contributed by atoms with van der Waals surface area (Å²) in [4.78, 5) is 33.7. The average Bonchev–Trinajstić information content (AvgIpc) is 2.59. The number of amides is 2. The van der Waals surface area contributed by atoms with E-state index >= 15 is 0 Å². The van der Waals surface area contributed by atoms with Crippen LogP contribution in [0.15, 0.2) is 35.7 Å². The third kappa shape index (κ3) is 4.10. The Balaban J connectivity index is 2.02. The molecule has 1 aromatic carbocycles. The Hall–Kier alpha value is -2.81. The van der Waals surface area contributed by atoms with Gasteiger partial charge in [0.15, 0.2) is 5.83 Å². The first-order chi connectivity index (χ1) is 11.0. The third-order valence-electron chi connectivity index (χ3n) is 3.24. The van der Waals surface area contributed by atoms with Crippen molar-refractivity contribution in [2.45, 2.75) is 12.8 Å². The van der Waals surface area contributed by atoms with Gasteiger partial charge in [0.2, 0.25) is 0 Å². The quantitative estimate of drug-likeness (QED) is 0.496. The number of hydrazine groups is 1. The maximum Gasteiger partial charge on any atom is 0.298 e. The molecule has 0 bridgehead atoms. The van der Waals surface area contributed by atoms with Crippen molar-refractivity contribution in [2.24, 2.45) is 0 Å². The third-order valence-corrected chi connectivity index (χ3v) is 3.24. The number of nitro groups is 1. The Morgan fingerprint density at radius 2 is 1.83 bits per heavy atom. The molecule has 1 aliphatic heterocycles. The smallest absolute Gasteiger partial charge is 0.298 e. The van der Waals surface area contributed by atoms with Crippen LogP contribution in [0.2, 0.25) is 0 Å². The number of hydrogen-bond acceptors (Lipinski definition) is 5. The maximum atomic E-state index is 13.9. The van der Waals surface area contributed by atoms with Crippen molar-refractivity contribution < 1.29 is 23.6 Å². The van der Waals surface area contributed by atoms with Crippen molar-refractivity contribution in [3.63, 3.8) is 0 Å². The fourth-order valence-corrected chi connectivity index (χ4v) is 2.06. The van der Waals surface area contributed by atoms with Crippen molar-refractivity contribution >= 4 is 17.5 Å². The van der Waals surface area contributed by atoms with E-state index in [0.717, 1.165) is 6.07 Å². The summed E-state index contributed by atoms with van der Waals surface area (Å²) in [5.41, 5.74) is 3.54. The predicted molar refractivity (Wildman–Crippen MR) is 76.9 cm³/mol. The number of rotatable bonds is 3. The second kappa shape index (κ2) is 7.45. The Bertz CT molecular complexity index is 666. The minimum atomic E-state index is -1.10. The van der Waals surface area contributed by atoms with Crippen LogP contribution in [0.4, 0.5) is 10.1 Å². The highest BCUT2D eigenvalue weighted by Gasteiger charge is 2.21. The standard InChI is InChI=1S/C14H14FN3O5/c15-12(9-5-7-23-8-6-9)14(20)17-16-13(19)10-3-1-2-4-11(10)18(21)22/h1-4H,5-8H2,(H,16,19)(H,17,20). The van der Waals surface area contributed by atoms with E-state index in [4.69, 9.17) is 4.74 Å². The van der Waals surface area contributed by atoms with Gasteiger partial charge in [0, 0.05) is 6.07 Å². The number of benzene rings is 1. The molecule has 8 nitrogen and oxygen atoms in total. The van der Waals surface area contributed by atoms with Gasteiger partial charge >= 0.3 is 0 Å². The van der Waals surface area contributed by atoms with Crippen molar-refractivity contribution in [1.82, 2.24) is 10.9 Å². The normalized spacial score (nSPS) is 14.0. The molecule has 2 amide bonds. The number of nitro benzene ring substituents is 1. The second-order valence-corrected chi connectivity index (χ2v) is 4.71. The maximum absolute atomic E-state index is 13.9. The van der Waals surface area contributed by atoms with E-state index in [2.05, 4.69) is 0 Å². The van der Waals surface area contributed by atoms with Crippen molar-refractivity contribution in [3.05, 3.63) is 51.3 Å². The van der Waals surface area contributed by atoms with E-state index in [9.17, 15) is 24.1 Å². The molecule has 9 heteroatoms. The van der Waals surface area contributed by atoms with Gasteiger partial charge in [-0.05, 0) is 24.5 Å². The molecule has 1 fully saturated rings. The first kappa shape index (κ1) is 16.6. The molecule has 1 heterocycles. The molecule has 0 unspecified atom stereocenters. The van der Waals surface area contributed by atoms with Gasteiger partial charge in [0.25, 0.3) is 17.5 Å². The van der Waals surface area contributed by atoms with Crippen molar-refractivity contribution in [2.75, 3.05) is 13.2 Å². The van der Waals surface area contributed by atoms with Crippen LogP contribution in [0.1, 0.15) is 23.2 Å². The fraction of sp³-hybridized carbons (Fsp3) is 0.286. The molecule has 0 aromatic heterocycles. The largest absolute Gasteiger partial charge is 0.381 e. The first-order valence-corrected chi connectivity index (χ1v) is 6.80. The summed E-state index contributed by atoms with van der Waals surface area (Å²) < 4.78 is 19.0. The van der Waals surface area contributed by atoms with Crippen LogP contribution in [0.3, 0.4) is 0 Å². The highest BCUT2D eigenvalue weighted by Crippen LogP contribution is 2.19. The number of para-hydroxylation sites is 1. The van der Waals surface area contributed by atoms with Crippen LogP contribution in [-0.4, -0.2) is 30.0 Å². The first-order valence-electron chi connectivity index (χ1n) is 6.80. The summed E-state index contributed by atoms with van der Waals surface area (Å²) in [6.07, 6.45) is 0.606. The van der Waals surface area contributed by atoms with E-state index in [-0.39, 0.29) is 5.56 Å². The predicted octanol–water partition coefficient (Wildman–Crippen LogP) is 1.39. The molecule has 1 aromatic rings. The number of hydrogen-bond donors (Lipinski definition) is 2. The lowest BCUT2D eigenvalue weighted by molar-refractivity contribution is -0.385. The Morgan fingerprint density at radius 1 is 1.17 bits per heavy atom. The molecule has 1 saturated heterocycles. The average molecular weight is 323 g/mol. The highest BCUT2D eigenvalue weighted by molar-refractivity contribution is 6.00. The van der Waals surface area contributed by atoms with Crippen molar-refractivity contribution in [1.29, 1.82) is 0 Å². The van der Waals surface area contributed by atoms with E-state index in [1.54, 1.807) is 0 Å². The SMILES string of the molecule is O=C(NNC(=O)c1ccccc1[N+](=O)[O-])C(F)=C1CCOCC1. The molecule has 0 saturated carbocycles. The monoisotopic (exact) mass is 323 g/mol. The van der Waals surface area contributed by atoms with E-state index in [0.29, 0.717) is 31.6 Å². The molecule has 1 aliphatic rings. The summed E-state index contributed by atoms with van der Waals surface area (Å²) in [7, 11) is 0. The molecule has 2 rings (SSSR count). The fourth-order valence-electron chi connectivity index (χ4n) is 2.06. The summed E-state index contributed by atoms with van der Waals surface area (Å²) in [5.74, 6) is -2.99. The minimum absolute atomic E-state index is 0.239. The van der Waals surface area contributed by atoms with Gasteiger partial charge in [-0.15, -0.1) is 0 Å². The van der Waals surface area contributed by atoms with Gasteiger partial charge < -0.3 is 4.74 Å². The number of nitrogens with zero attached hydrogens (tertiary/aromatic N) is 1. The van der Waals surface area contributed by atoms with Crippen LogP contribution < -0.4 is 10.9 Å². The molecular weight excluding hydrogens is 309 g/mol. The Kier molecular flexibility index (Phi) is 5.36. The molecule has 23 heavy (non-hydrogen) atoms. The molecule has 0 spiro atoms. The Morgan fingerprint density at radius 3 is 2.48 bits per heavy atom. The van der Waals surface area contributed by atoms with Crippen LogP contribution in [0.5, 0.6) is 0 Å². The second-order valence-electron chi connectivity index (χ2n) is 4.71. The van der Waals surface area contributed by atoms with Gasteiger partial charge in [0.05, 0.1) is 18.1 Å². The summed E-state index contributed by atoms with van der Waals surface area (Å²) in [6.45, 7) is 0.664. The van der Waals surface area contributed by atoms with Crippen LogP contribution in [-0.2, 0) is 9.53 Å². The van der Waals surface area contributed by atoms with E-state index < -0.39 is 28.3 Å². The lowest BCUT2D eigenvalue weighted by Crippen LogP contribution is -2.42. The number of halogens is 1. The van der Waals surface area contributed by atoms with Crippen LogP contribution >= 0.6 is 0 Å². The van der Waals surface area contributed by atoms with Gasteiger partial charge in [0.1, 0.15) is 5.56 Å². The minimum Gasteiger partial charge on any atom is -0.381 e. The van der Waals surface area contributed by atoms with Crippen LogP contribution in [0, 0.1) is 10.1 Å². The number of carbonyl (C=O) groups excluding carboxylic acids is 2. The van der Waals surface area contributed by atoms with Crippen LogP contribution in [0.25, 0.3) is 0 Å². The summed E-state index contributed by atoms with van der Waals surface area (Å²) in [5, 5.41) is 10.8.